The van der Waals surface area contributed by atoms with E-state index in [4.69, 9.17) is 0 Å². The van der Waals surface area contributed by atoms with Crippen LogP contribution in [0.2, 0.25) is 0 Å². The SMILES string of the molecule is OB(O)c1ccc([Si](c2ccccc2)(c2ccccc2)c2ccccc2)c2ccccc12. The molecule has 0 saturated heterocycles. The first-order valence-electron chi connectivity index (χ1n) is 10.8. The molecule has 0 radical (unpaired) electrons. The highest BCUT2D eigenvalue weighted by Gasteiger charge is 2.42. The molecule has 0 bridgehead atoms. The molecule has 0 aromatic heterocycles. The summed E-state index contributed by atoms with van der Waals surface area (Å²) in [5.74, 6) is 0. The van der Waals surface area contributed by atoms with Gasteiger partial charge in [0.25, 0.3) is 0 Å². The summed E-state index contributed by atoms with van der Waals surface area (Å²) in [5.41, 5.74) is 0.529. The molecule has 0 saturated carbocycles. The molecule has 0 aliphatic carbocycles. The van der Waals surface area contributed by atoms with Crippen LogP contribution in [0.3, 0.4) is 0 Å². The second-order valence-electron chi connectivity index (χ2n) is 7.97. The maximum atomic E-state index is 10.0. The largest absolute Gasteiger partial charge is 0.489 e. The van der Waals surface area contributed by atoms with Crippen molar-refractivity contribution in [2.45, 2.75) is 0 Å². The summed E-state index contributed by atoms with van der Waals surface area (Å²) in [4.78, 5) is 0. The molecule has 5 aromatic rings. The maximum absolute atomic E-state index is 10.0. The van der Waals surface area contributed by atoms with Gasteiger partial charge in [0.2, 0.25) is 0 Å². The van der Waals surface area contributed by atoms with E-state index in [2.05, 4.69) is 103 Å². The van der Waals surface area contributed by atoms with Crippen LogP contribution in [0.4, 0.5) is 0 Å². The monoisotopic (exact) mass is 430 g/mol. The fourth-order valence-electron chi connectivity index (χ4n) is 4.91. The highest BCUT2D eigenvalue weighted by atomic mass is 28.3. The molecule has 5 rings (SSSR count). The fraction of sp³-hybridized carbons (Fsp3) is 0. The summed E-state index contributed by atoms with van der Waals surface area (Å²) in [6.45, 7) is 0. The quantitative estimate of drug-likeness (QED) is 0.330. The van der Waals surface area contributed by atoms with Gasteiger partial charge in [0.05, 0.1) is 0 Å². The Morgan fingerprint density at radius 3 is 1.28 bits per heavy atom. The van der Waals surface area contributed by atoms with Crippen molar-refractivity contribution >= 4 is 52.2 Å². The van der Waals surface area contributed by atoms with E-state index in [0.717, 1.165) is 10.8 Å². The molecule has 2 nitrogen and oxygen atoms in total. The van der Waals surface area contributed by atoms with Gasteiger partial charge in [-0.3, -0.25) is 0 Å². The summed E-state index contributed by atoms with van der Waals surface area (Å²) in [5, 5.41) is 27.1. The van der Waals surface area contributed by atoms with E-state index in [0.29, 0.717) is 5.46 Å². The first kappa shape index (κ1) is 20.5. The highest BCUT2D eigenvalue weighted by Crippen LogP contribution is 2.17. The van der Waals surface area contributed by atoms with Gasteiger partial charge >= 0.3 is 7.12 Å². The molecule has 0 amide bonds. The van der Waals surface area contributed by atoms with Crippen molar-refractivity contribution in [3.63, 3.8) is 0 Å². The Morgan fingerprint density at radius 2 is 0.844 bits per heavy atom. The first-order chi connectivity index (χ1) is 15.7. The summed E-state index contributed by atoms with van der Waals surface area (Å²) in [7, 11) is -4.20. The molecule has 32 heavy (non-hydrogen) atoms. The van der Waals surface area contributed by atoms with Crippen molar-refractivity contribution in [3.8, 4) is 0 Å². The number of hydrogen-bond acceptors (Lipinski definition) is 2. The van der Waals surface area contributed by atoms with Crippen LogP contribution in [0.25, 0.3) is 10.8 Å². The average Bonchev–Trinajstić information content (AvgIpc) is 2.86. The lowest BCUT2D eigenvalue weighted by atomic mass is 9.77. The lowest BCUT2D eigenvalue weighted by Crippen LogP contribution is -2.75. The van der Waals surface area contributed by atoms with Crippen molar-refractivity contribution in [1.29, 1.82) is 0 Å². The van der Waals surface area contributed by atoms with Crippen molar-refractivity contribution in [1.82, 2.24) is 0 Å². The molecule has 5 aromatic carbocycles. The lowest BCUT2D eigenvalue weighted by molar-refractivity contribution is 0.426. The van der Waals surface area contributed by atoms with Gasteiger partial charge in [-0.2, -0.15) is 0 Å². The van der Waals surface area contributed by atoms with E-state index >= 15 is 0 Å². The van der Waals surface area contributed by atoms with Crippen LogP contribution >= 0.6 is 0 Å². The minimum absolute atomic E-state index is 0.529. The van der Waals surface area contributed by atoms with Crippen LogP contribution in [0.1, 0.15) is 0 Å². The predicted octanol–water partition coefficient (Wildman–Crippen LogP) is 1.90. The summed E-state index contributed by atoms with van der Waals surface area (Å²) >= 11 is 0. The second-order valence-corrected chi connectivity index (χ2v) is 11.7. The van der Waals surface area contributed by atoms with Gasteiger partial charge in [-0.1, -0.05) is 127 Å². The Kier molecular flexibility index (Phi) is 5.50. The van der Waals surface area contributed by atoms with E-state index < -0.39 is 15.2 Å². The average molecular weight is 430 g/mol. The minimum Gasteiger partial charge on any atom is -0.423 e. The Labute approximate surface area is 189 Å². The normalized spacial score (nSPS) is 11.4. The molecule has 154 valence electrons. The van der Waals surface area contributed by atoms with Gasteiger partial charge in [-0.15, -0.1) is 0 Å². The Balaban J connectivity index is 1.98. The van der Waals surface area contributed by atoms with Crippen LogP contribution < -0.4 is 26.2 Å². The smallest absolute Gasteiger partial charge is 0.423 e. The highest BCUT2D eigenvalue weighted by molar-refractivity contribution is 7.20. The molecule has 0 aliphatic rings. The van der Waals surface area contributed by atoms with Gasteiger partial charge in [-0.05, 0) is 37.0 Å². The third-order valence-electron chi connectivity index (χ3n) is 6.26. The molecular weight excluding hydrogens is 407 g/mol. The molecule has 0 aliphatic heterocycles. The lowest BCUT2D eigenvalue weighted by Gasteiger charge is -2.35. The number of hydrogen-bond donors (Lipinski definition) is 2. The van der Waals surface area contributed by atoms with E-state index in [9.17, 15) is 10.0 Å². The van der Waals surface area contributed by atoms with Gasteiger partial charge < -0.3 is 10.0 Å². The van der Waals surface area contributed by atoms with Crippen molar-refractivity contribution < 1.29 is 10.0 Å². The fourth-order valence-corrected chi connectivity index (χ4v) is 9.87. The van der Waals surface area contributed by atoms with Gasteiger partial charge in [0.15, 0.2) is 8.07 Å². The van der Waals surface area contributed by atoms with Crippen LogP contribution in [0.15, 0.2) is 127 Å². The number of fused-ring (bicyclic) bond motifs is 1. The third kappa shape index (κ3) is 3.30. The standard InChI is InChI=1S/C28H23BO2Si/c30-29(31)27-20-21-28(26-19-11-10-18-25(26)27)32(22-12-4-1-5-13-22,23-14-6-2-7-15-23)24-16-8-3-9-17-24/h1-21,30-31H. The molecule has 0 spiro atoms. The molecule has 4 heteroatoms. The number of benzene rings is 5. The molecule has 0 atom stereocenters. The third-order valence-corrected chi connectivity index (χ3v) is 11.1. The van der Waals surface area contributed by atoms with E-state index in [1.807, 2.05) is 24.3 Å². The van der Waals surface area contributed by atoms with Crippen LogP contribution in [0, 0.1) is 0 Å². The van der Waals surface area contributed by atoms with E-state index in [-0.39, 0.29) is 0 Å². The summed E-state index contributed by atoms with van der Waals surface area (Å²) in [6.07, 6.45) is 0. The van der Waals surface area contributed by atoms with Gasteiger partial charge in [0.1, 0.15) is 0 Å². The Bertz CT molecular complexity index is 1240. The molecule has 0 unspecified atom stereocenters. The van der Waals surface area contributed by atoms with Crippen molar-refractivity contribution in [3.05, 3.63) is 127 Å². The Hall–Kier alpha value is -3.44. The molecular formula is C28H23BO2Si. The molecule has 2 N–H and O–H groups in total. The molecule has 0 fully saturated rings. The predicted molar refractivity (Wildman–Crippen MR) is 137 cm³/mol. The van der Waals surface area contributed by atoms with Gasteiger partial charge in [-0.25, -0.2) is 0 Å². The van der Waals surface area contributed by atoms with E-state index in [1.54, 1.807) is 0 Å². The maximum Gasteiger partial charge on any atom is 0.489 e. The Morgan fingerprint density at radius 1 is 0.438 bits per heavy atom. The van der Waals surface area contributed by atoms with Crippen LogP contribution in [-0.2, 0) is 0 Å². The van der Waals surface area contributed by atoms with Crippen LogP contribution in [-0.4, -0.2) is 25.2 Å². The number of rotatable bonds is 5. The second kappa shape index (κ2) is 8.60. The van der Waals surface area contributed by atoms with Crippen molar-refractivity contribution in [2.75, 3.05) is 0 Å². The summed E-state index contributed by atoms with van der Waals surface area (Å²) in [6, 6.07) is 44.3. The zero-order chi connectivity index (χ0) is 22.0. The topological polar surface area (TPSA) is 40.5 Å². The first-order valence-corrected chi connectivity index (χ1v) is 12.8. The summed E-state index contributed by atoms with van der Waals surface area (Å²) < 4.78 is 0. The van der Waals surface area contributed by atoms with Crippen molar-refractivity contribution in [2.24, 2.45) is 0 Å². The minimum atomic E-state index is -2.69. The van der Waals surface area contributed by atoms with Crippen LogP contribution in [0.5, 0.6) is 0 Å². The molecule has 0 heterocycles. The zero-order valence-electron chi connectivity index (χ0n) is 17.6. The zero-order valence-corrected chi connectivity index (χ0v) is 18.6. The van der Waals surface area contributed by atoms with Gasteiger partial charge in [0, 0.05) is 0 Å². The van der Waals surface area contributed by atoms with E-state index in [1.165, 1.54) is 20.7 Å².